The number of hydrogen-bond acceptors (Lipinski definition) is 2. The Morgan fingerprint density at radius 2 is 1.83 bits per heavy atom. The maximum absolute atomic E-state index is 11.9. The van der Waals surface area contributed by atoms with Gasteiger partial charge in [0.2, 0.25) is 0 Å². The molecule has 0 fully saturated rings. The van der Waals surface area contributed by atoms with Crippen molar-refractivity contribution in [3.63, 3.8) is 0 Å². The lowest BCUT2D eigenvalue weighted by molar-refractivity contribution is -0.113. The molecule has 4 heteroatoms. The minimum atomic E-state index is 0.0272. The van der Waals surface area contributed by atoms with Gasteiger partial charge in [0.1, 0.15) is 12.4 Å². The van der Waals surface area contributed by atoms with E-state index in [4.69, 9.17) is 27.9 Å². The van der Waals surface area contributed by atoms with Crippen molar-refractivity contribution in [3.8, 4) is 5.75 Å². The van der Waals surface area contributed by atoms with Gasteiger partial charge >= 0.3 is 0 Å². The number of carbonyl (C=O) groups is 1. The summed E-state index contributed by atoms with van der Waals surface area (Å²) < 4.78 is 5.79. The topological polar surface area (TPSA) is 26.3 Å². The quantitative estimate of drug-likeness (QED) is 0.610. The van der Waals surface area contributed by atoms with Crippen LogP contribution in [0.15, 0.2) is 43.0 Å². The second kappa shape index (κ2) is 7.67. The number of halogens is 2. The van der Waals surface area contributed by atoms with Gasteiger partial charge in [-0.3, -0.25) is 4.79 Å². The molecule has 0 unspecified atom stereocenters. The average Bonchev–Trinajstić information content (AvgIpc) is 2.54. The summed E-state index contributed by atoms with van der Waals surface area (Å²) in [7, 11) is 0. The third kappa shape index (κ3) is 4.15. The number of aryl methyl sites for hydroxylation is 1. The van der Waals surface area contributed by atoms with Crippen molar-refractivity contribution in [3.05, 3.63) is 69.7 Å². The second-order valence-corrected chi connectivity index (χ2v) is 6.04. The zero-order valence-electron chi connectivity index (χ0n) is 13.2. The van der Waals surface area contributed by atoms with Crippen LogP contribution in [0.5, 0.6) is 5.75 Å². The lowest BCUT2D eigenvalue weighted by Gasteiger charge is -2.13. The first-order valence-corrected chi connectivity index (χ1v) is 8.08. The number of Topliss-reactive ketones (excluding diaryl/α,β-unsaturated/α-hetero) is 1. The van der Waals surface area contributed by atoms with Crippen LogP contribution in [0.25, 0.3) is 5.57 Å². The van der Waals surface area contributed by atoms with E-state index in [2.05, 4.69) is 6.58 Å². The maximum atomic E-state index is 11.9. The molecule has 2 nitrogen and oxygen atoms in total. The van der Waals surface area contributed by atoms with E-state index < -0.39 is 0 Å². The first-order chi connectivity index (χ1) is 10.9. The van der Waals surface area contributed by atoms with E-state index in [1.807, 2.05) is 32.0 Å². The number of allylic oxidation sites excluding steroid dienone is 1. The molecule has 0 N–H and O–H groups in total. The number of ether oxygens (including phenoxy) is 1. The van der Waals surface area contributed by atoms with Crippen LogP contribution in [0, 0.1) is 6.92 Å². The van der Waals surface area contributed by atoms with Crippen molar-refractivity contribution in [2.75, 3.05) is 0 Å². The van der Waals surface area contributed by atoms with E-state index >= 15 is 0 Å². The van der Waals surface area contributed by atoms with Crippen LogP contribution in [0.2, 0.25) is 10.0 Å². The SMILES string of the molecule is C=C(C(=O)CC)c1cc(OCc2c(Cl)cccc2Cl)ccc1C. The van der Waals surface area contributed by atoms with Crippen molar-refractivity contribution in [2.24, 2.45) is 0 Å². The van der Waals surface area contributed by atoms with Crippen LogP contribution in [0.1, 0.15) is 30.0 Å². The zero-order valence-corrected chi connectivity index (χ0v) is 14.7. The first-order valence-electron chi connectivity index (χ1n) is 7.32. The third-order valence-corrected chi connectivity index (χ3v) is 4.34. The summed E-state index contributed by atoms with van der Waals surface area (Å²) in [6, 6.07) is 10.9. The van der Waals surface area contributed by atoms with E-state index in [-0.39, 0.29) is 12.4 Å². The molecule has 0 aliphatic rings. The highest BCUT2D eigenvalue weighted by molar-refractivity contribution is 6.35. The van der Waals surface area contributed by atoms with Crippen molar-refractivity contribution in [2.45, 2.75) is 26.9 Å². The van der Waals surface area contributed by atoms with Crippen molar-refractivity contribution >= 4 is 34.6 Å². The zero-order chi connectivity index (χ0) is 17.0. The Kier molecular flexibility index (Phi) is 5.86. The molecular formula is C19H18Cl2O2. The van der Waals surface area contributed by atoms with E-state index in [9.17, 15) is 4.79 Å². The van der Waals surface area contributed by atoms with Gasteiger partial charge in [0.15, 0.2) is 5.78 Å². The van der Waals surface area contributed by atoms with Gasteiger partial charge < -0.3 is 4.74 Å². The summed E-state index contributed by atoms with van der Waals surface area (Å²) in [5, 5.41) is 1.13. The Labute approximate surface area is 146 Å². The van der Waals surface area contributed by atoms with E-state index in [0.717, 1.165) is 16.7 Å². The van der Waals surface area contributed by atoms with Gasteiger partial charge in [-0.1, -0.05) is 48.8 Å². The normalized spacial score (nSPS) is 10.4. The van der Waals surface area contributed by atoms with Gasteiger partial charge in [-0.05, 0) is 42.3 Å². The number of carbonyl (C=O) groups excluding carboxylic acids is 1. The highest BCUT2D eigenvalue weighted by atomic mass is 35.5. The average molecular weight is 349 g/mol. The van der Waals surface area contributed by atoms with Gasteiger partial charge in [0.05, 0.1) is 0 Å². The molecule has 2 rings (SSSR count). The Morgan fingerprint density at radius 3 is 2.43 bits per heavy atom. The Balaban J connectivity index is 2.22. The van der Waals surface area contributed by atoms with Crippen LogP contribution >= 0.6 is 23.2 Å². The monoisotopic (exact) mass is 348 g/mol. The van der Waals surface area contributed by atoms with Crippen LogP contribution < -0.4 is 4.74 Å². The van der Waals surface area contributed by atoms with Crippen molar-refractivity contribution in [1.82, 2.24) is 0 Å². The largest absolute Gasteiger partial charge is 0.489 e. The van der Waals surface area contributed by atoms with Crippen LogP contribution in [0.4, 0.5) is 0 Å². The Hall–Kier alpha value is -1.77. The highest BCUT2D eigenvalue weighted by Crippen LogP contribution is 2.28. The standard InChI is InChI=1S/C19H18Cl2O2/c1-4-19(22)13(3)15-10-14(9-8-12(15)2)23-11-16-17(20)6-5-7-18(16)21/h5-10H,3-4,11H2,1-2H3. The maximum Gasteiger partial charge on any atom is 0.162 e. The molecule has 0 bridgehead atoms. The van der Waals surface area contributed by atoms with Gasteiger partial charge in [-0.2, -0.15) is 0 Å². The van der Waals surface area contributed by atoms with Gasteiger partial charge in [0.25, 0.3) is 0 Å². The molecule has 2 aromatic carbocycles. The summed E-state index contributed by atoms with van der Waals surface area (Å²) in [5.74, 6) is 0.672. The highest BCUT2D eigenvalue weighted by Gasteiger charge is 2.12. The van der Waals surface area contributed by atoms with E-state index in [1.54, 1.807) is 18.2 Å². The first kappa shape index (κ1) is 17.6. The number of benzene rings is 2. The molecule has 0 spiro atoms. The summed E-state index contributed by atoms with van der Waals surface area (Å²) >= 11 is 12.3. The lowest BCUT2D eigenvalue weighted by Crippen LogP contribution is -2.02. The molecule has 0 heterocycles. The van der Waals surface area contributed by atoms with Crippen molar-refractivity contribution in [1.29, 1.82) is 0 Å². The van der Waals surface area contributed by atoms with E-state index in [1.165, 1.54) is 0 Å². The molecule has 0 radical (unpaired) electrons. The molecule has 0 amide bonds. The molecular weight excluding hydrogens is 331 g/mol. The fourth-order valence-electron chi connectivity index (χ4n) is 2.21. The predicted molar refractivity (Wildman–Crippen MR) is 96.3 cm³/mol. The number of rotatable bonds is 6. The summed E-state index contributed by atoms with van der Waals surface area (Å²) in [5.41, 5.74) is 3.03. The van der Waals surface area contributed by atoms with Crippen LogP contribution in [-0.4, -0.2) is 5.78 Å². The molecule has 0 saturated carbocycles. The van der Waals surface area contributed by atoms with E-state index in [0.29, 0.717) is 27.8 Å². The summed E-state index contributed by atoms with van der Waals surface area (Å²) in [6.45, 7) is 7.92. The minimum absolute atomic E-state index is 0.0272. The fraction of sp³-hybridized carbons (Fsp3) is 0.211. The molecule has 0 atom stereocenters. The molecule has 0 aliphatic carbocycles. The summed E-state index contributed by atoms with van der Waals surface area (Å²) in [6.07, 6.45) is 0.429. The third-order valence-electron chi connectivity index (χ3n) is 3.64. The van der Waals surface area contributed by atoms with Gasteiger partial charge in [-0.25, -0.2) is 0 Å². The van der Waals surface area contributed by atoms with Crippen LogP contribution in [-0.2, 0) is 11.4 Å². The Morgan fingerprint density at radius 1 is 1.17 bits per heavy atom. The number of hydrogen-bond donors (Lipinski definition) is 0. The second-order valence-electron chi connectivity index (χ2n) is 5.22. The fourth-order valence-corrected chi connectivity index (χ4v) is 2.71. The molecule has 0 saturated heterocycles. The van der Waals surface area contributed by atoms with Crippen LogP contribution in [0.3, 0.4) is 0 Å². The van der Waals surface area contributed by atoms with Crippen molar-refractivity contribution < 1.29 is 9.53 Å². The number of ketones is 1. The lowest BCUT2D eigenvalue weighted by atomic mass is 9.97. The van der Waals surface area contributed by atoms with Gasteiger partial charge in [0, 0.05) is 27.6 Å². The molecule has 2 aromatic rings. The smallest absolute Gasteiger partial charge is 0.162 e. The van der Waals surface area contributed by atoms with Gasteiger partial charge in [-0.15, -0.1) is 0 Å². The minimum Gasteiger partial charge on any atom is -0.489 e. The molecule has 0 aromatic heterocycles. The predicted octanol–water partition coefficient (Wildman–Crippen LogP) is 5.87. The molecule has 0 aliphatic heterocycles. The Bertz CT molecular complexity index is 731. The summed E-state index contributed by atoms with van der Waals surface area (Å²) in [4.78, 5) is 11.9. The molecule has 23 heavy (non-hydrogen) atoms. The molecule has 120 valence electrons.